The van der Waals surface area contributed by atoms with E-state index in [1.807, 2.05) is 12.1 Å². The second-order valence-corrected chi connectivity index (χ2v) is 6.63. The molecular weight excluding hydrogens is 346 g/mol. The Balaban J connectivity index is 1.43. The summed E-state index contributed by atoms with van der Waals surface area (Å²) >= 11 is 0. The van der Waals surface area contributed by atoms with Crippen LogP contribution < -0.4 is 10.6 Å². The second-order valence-electron chi connectivity index (χ2n) is 6.63. The van der Waals surface area contributed by atoms with Gasteiger partial charge in [0.05, 0.1) is 25.0 Å². The number of furan rings is 1. The van der Waals surface area contributed by atoms with Gasteiger partial charge in [-0.05, 0) is 24.1 Å². The molecule has 1 aromatic carbocycles. The van der Waals surface area contributed by atoms with Crippen LogP contribution >= 0.6 is 0 Å². The van der Waals surface area contributed by atoms with E-state index in [1.165, 1.54) is 18.1 Å². The maximum absolute atomic E-state index is 12.2. The van der Waals surface area contributed by atoms with Gasteiger partial charge in [-0.2, -0.15) is 0 Å². The van der Waals surface area contributed by atoms with E-state index in [-0.39, 0.29) is 11.8 Å². The van der Waals surface area contributed by atoms with Crippen molar-refractivity contribution in [2.75, 3.05) is 26.3 Å². The van der Waals surface area contributed by atoms with Crippen LogP contribution in [0, 0.1) is 0 Å². The molecule has 0 spiro atoms. The van der Waals surface area contributed by atoms with Crippen molar-refractivity contribution in [2.24, 2.45) is 0 Å². The molecule has 2 amide bonds. The number of hydrogen-bond acceptors (Lipinski definition) is 5. The van der Waals surface area contributed by atoms with E-state index in [0.717, 1.165) is 38.4 Å². The van der Waals surface area contributed by atoms with Crippen molar-refractivity contribution in [1.29, 1.82) is 0 Å². The van der Waals surface area contributed by atoms with Gasteiger partial charge in [0, 0.05) is 26.2 Å². The molecule has 1 fully saturated rings. The van der Waals surface area contributed by atoms with Crippen LogP contribution in [0.4, 0.5) is 0 Å². The van der Waals surface area contributed by atoms with Crippen molar-refractivity contribution in [3.8, 4) is 0 Å². The number of carbonyl (C=O) groups is 2. The molecule has 0 aliphatic carbocycles. The SMILES string of the molecule is C[C@@H](NC(=O)c1ccoc1)C(=O)NCc1ccc(CN2CCOCC2)cc1. The van der Waals surface area contributed by atoms with Crippen LogP contribution in [0.15, 0.2) is 47.3 Å². The molecule has 0 unspecified atom stereocenters. The highest BCUT2D eigenvalue weighted by Crippen LogP contribution is 2.09. The summed E-state index contributed by atoms with van der Waals surface area (Å²) in [6.45, 7) is 6.48. The lowest BCUT2D eigenvalue weighted by molar-refractivity contribution is -0.122. The van der Waals surface area contributed by atoms with Gasteiger partial charge in [0.25, 0.3) is 5.91 Å². The van der Waals surface area contributed by atoms with Gasteiger partial charge in [-0.15, -0.1) is 0 Å². The fourth-order valence-electron chi connectivity index (χ4n) is 2.86. The summed E-state index contributed by atoms with van der Waals surface area (Å²) in [7, 11) is 0. The fraction of sp³-hybridized carbons (Fsp3) is 0.400. The summed E-state index contributed by atoms with van der Waals surface area (Å²) in [5.74, 6) is -0.567. The lowest BCUT2D eigenvalue weighted by Gasteiger charge is -2.26. The van der Waals surface area contributed by atoms with Crippen LogP contribution in [0.2, 0.25) is 0 Å². The van der Waals surface area contributed by atoms with Crippen LogP contribution in [0.25, 0.3) is 0 Å². The second kappa shape index (κ2) is 9.34. The Morgan fingerprint density at radius 3 is 2.48 bits per heavy atom. The van der Waals surface area contributed by atoms with Gasteiger partial charge in [-0.3, -0.25) is 14.5 Å². The molecule has 1 aliphatic rings. The Morgan fingerprint density at radius 2 is 1.81 bits per heavy atom. The van der Waals surface area contributed by atoms with E-state index in [1.54, 1.807) is 13.0 Å². The van der Waals surface area contributed by atoms with Gasteiger partial charge in [0.2, 0.25) is 5.91 Å². The summed E-state index contributed by atoms with van der Waals surface area (Å²) < 4.78 is 10.2. The minimum Gasteiger partial charge on any atom is -0.472 e. The van der Waals surface area contributed by atoms with E-state index in [2.05, 4.69) is 27.7 Å². The third-order valence-electron chi connectivity index (χ3n) is 4.52. The third kappa shape index (κ3) is 5.67. The molecule has 1 aromatic heterocycles. The predicted molar refractivity (Wildman–Crippen MR) is 100 cm³/mol. The normalized spacial score (nSPS) is 15.9. The highest BCUT2D eigenvalue weighted by molar-refractivity contribution is 5.97. The number of nitrogens with one attached hydrogen (secondary N) is 2. The monoisotopic (exact) mass is 371 g/mol. The Bertz CT molecular complexity index is 737. The number of carbonyl (C=O) groups excluding carboxylic acids is 2. The minimum absolute atomic E-state index is 0.232. The molecule has 0 bridgehead atoms. The standard InChI is InChI=1S/C20H25N3O4/c1-15(22-20(25)18-6-9-27-14-18)19(24)21-12-16-2-4-17(5-3-16)13-23-7-10-26-11-8-23/h2-6,9,14-15H,7-8,10-13H2,1H3,(H,21,24)(H,22,25)/t15-/m1/s1. The molecular formula is C20H25N3O4. The number of hydrogen-bond donors (Lipinski definition) is 2. The van der Waals surface area contributed by atoms with Gasteiger partial charge in [-0.25, -0.2) is 0 Å². The maximum Gasteiger partial charge on any atom is 0.255 e. The Labute approximate surface area is 158 Å². The Hall–Kier alpha value is -2.64. The molecule has 3 rings (SSSR count). The summed E-state index contributed by atoms with van der Waals surface area (Å²) in [6.07, 6.45) is 2.76. The van der Waals surface area contributed by atoms with Gasteiger partial charge in [0.15, 0.2) is 0 Å². The molecule has 0 saturated carbocycles. The largest absolute Gasteiger partial charge is 0.472 e. The maximum atomic E-state index is 12.2. The van der Waals surface area contributed by atoms with Gasteiger partial charge in [-0.1, -0.05) is 24.3 Å². The number of benzene rings is 1. The van der Waals surface area contributed by atoms with Crippen LogP contribution in [0.3, 0.4) is 0 Å². The number of amides is 2. The zero-order chi connectivity index (χ0) is 19.1. The van der Waals surface area contributed by atoms with Gasteiger partial charge < -0.3 is 19.8 Å². The van der Waals surface area contributed by atoms with Gasteiger partial charge >= 0.3 is 0 Å². The Kier molecular flexibility index (Phi) is 6.62. The minimum atomic E-state index is -0.631. The molecule has 1 saturated heterocycles. The first-order valence-electron chi connectivity index (χ1n) is 9.10. The number of rotatable bonds is 7. The van der Waals surface area contributed by atoms with E-state index in [9.17, 15) is 9.59 Å². The van der Waals surface area contributed by atoms with E-state index in [4.69, 9.17) is 9.15 Å². The molecule has 2 N–H and O–H groups in total. The first kappa shape index (κ1) is 19.1. The van der Waals surface area contributed by atoms with Crippen molar-refractivity contribution in [3.05, 3.63) is 59.5 Å². The highest BCUT2D eigenvalue weighted by Gasteiger charge is 2.17. The molecule has 27 heavy (non-hydrogen) atoms. The number of nitrogens with zero attached hydrogens (tertiary/aromatic N) is 1. The lowest BCUT2D eigenvalue weighted by Crippen LogP contribution is -2.44. The smallest absolute Gasteiger partial charge is 0.255 e. The van der Waals surface area contributed by atoms with Crippen molar-refractivity contribution < 1.29 is 18.7 Å². The van der Waals surface area contributed by atoms with E-state index in [0.29, 0.717) is 12.1 Å². The quantitative estimate of drug-likeness (QED) is 0.771. The fourth-order valence-corrected chi connectivity index (χ4v) is 2.86. The molecule has 2 aromatic rings. The first-order chi connectivity index (χ1) is 13.1. The molecule has 1 atom stereocenters. The average molecular weight is 371 g/mol. The zero-order valence-electron chi connectivity index (χ0n) is 15.4. The molecule has 7 nitrogen and oxygen atoms in total. The summed E-state index contributed by atoms with van der Waals surface area (Å²) in [6, 6.07) is 9.13. The molecule has 144 valence electrons. The van der Waals surface area contributed by atoms with E-state index >= 15 is 0 Å². The van der Waals surface area contributed by atoms with Gasteiger partial charge in [0.1, 0.15) is 12.3 Å². The van der Waals surface area contributed by atoms with Crippen molar-refractivity contribution >= 4 is 11.8 Å². The molecule has 7 heteroatoms. The molecule has 0 radical (unpaired) electrons. The van der Waals surface area contributed by atoms with Crippen molar-refractivity contribution in [3.63, 3.8) is 0 Å². The van der Waals surface area contributed by atoms with Crippen LogP contribution in [-0.4, -0.2) is 49.1 Å². The van der Waals surface area contributed by atoms with Crippen LogP contribution in [0.1, 0.15) is 28.4 Å². The average Bonchev–Trinajstić information content (AvgIpc) is 3.23. The number of morpholine rings is 1. The van der Waals surface area contributed by atoms with Crippen LogP contribution in [0.5, 0.6) is 0 Å². The zero-order valence-corrected chi connectivity index (χ0v) is 15.4. The highest BCUT2D eigenvalue weighted by atomic mass is 16.5. The lowest BCUT2D eigenvalue weighted by atomic mass is 10.1. The molecule has 2 heterocycles. The number of ether oxygens (including phenoxy) is 1. The third-order valence-corrected chi connectivity index (χ3v) is 4.52. The predicted octanol–water partition coefficient (Wildman–Crippen LogP) is 1.55. The van der Waals surface area contributed by atoms with Crippen molar-refractivity contribution in [2.45, 2.75) is 26.1 Å². The Morgan fingerprint density at radius 1 is 1.11 bits per heavy atom. The summed E-state index contributed by atoms with van der Waals surface area (Å²) in [4.78, 5) is 26.5. The van der Waals surface area contributed by atoms with E-state index < -0.39 is 6.04 Å². The summed E-state index contributed by atoms with van der Waals surface area (Å²) in [5, 5.41) is 5.49. The first-order valence-corrected chi connectivity index (χ1v) is 9.10. The van der Waals surface area contributed by atoms with Crippen LogP contribution in [-0.2, 0) is 22.6 Å². The topological polar surface area (TPSA) is 83.8 Å². The molecule has 1 aliphatic heterocycles. The summed E-state index contributed by atoms with van der Waals surface area (Å²) in [5.41, 5.74) is 2.65. The van der Waals surface area contributed by atoms with Crippen molar-refractivity contribution in [1.82, 2.24) is 15.5 Å².